The van der Waals surface area contributed by atoms with Gasteiger partial charge in [-0.1, -0.05) is 12.1 Å². The number of carbonyl (C=O) groups is 1. The van der Waals surface area contributed by atoms with Gasteiger partial charge in [0.25, 0.3) is 0 Å². The summed E-state index contributed by atoms with van der Waals surface area (Å²) in [4.78, 5) is 13.8. The van der Waals surface area contributed by atoms with Crippen molar-refractivity contribution in [1.82, 2.24) is 4.98 Å². The fraction of sp³-hybridized carbons (Fsp3) is 0.200. The maximum absolute atomic E-state index is 12.3. The van der Waals surface area contributed by atoms with Crippen LogP contribution in [-0.4, -0.2) is 10.9 Å². The largest absolute Gasteiger partial charge is 0.433 e. The van der Waals surface area contributed by atoms with Crippen molar-refractivity contribution in [2.75, 3.05) is 0 Å². The standard InChI is InChI=1S/C10H9F3N2O/c11-10(12,13)8-5-1-3-7(15-8)4-2-6-9(14)16/h1-5H,6H2,(H2,14,16). The molecule has 0 fully saturated rings. The monoisotopic (exact) mass is 230 g/mol. The first-order valence-electron chi connectivity index (χ1n) is 4.38. The number of halogens is 3. The Labute approximate surface area is 89.8 Å². The molecule has 0 radical (unpaired) electrons. The lowest BCUT2D eigenvalue weighted by Gasteiger charge is -2.05. The first kappa shape index (κ1) is 12.2. The van der Waals surface area contributed by atoms with Crippen LogP contribution in [0.3, 0.4) is 0 Å². The average molecular weight is 230 g/mol. The van der Waals surface area contributed by atoms with E-state index in [2.05, 4.69) is 4.98 Å². The van der Waals surface area contributed by atoms with Crippen LogP contribution in [0.25, 0.3) is 6.08 Å². The van der Waals surface area contributed by atoms with Gasteiger partial charge in [-0.2, -0.15) is 13.2 Å². The predicted molar refractivity (Wildman–Crippen MR) is 52.1 cm³/mol. The molecule has 6 heteroatoms. The van der Waals surface area contributed by atoms with Gasteiger partial charge in [-0.15, -0.1) is 0 Å². The highest BCUT2D eigenvalue weighted by Gasteiger charge is 2.32. The SMILES string of the molecule is NC(=O)CC=Cc1cccc(C(F)(F)F)n1. The minimum absolute atomic E-state index is 0.0298. The molecule has 0 aliphatic heterocycles. The first-order chi connectivity index (χ1) is 7.39. The number of rotatable bonds is 3. The van der Waals surface area contributed by atoms with E-state index in [1.807, 2.05) is 0 Å². The molecule has 1 aromatic heterocycles. The van der Waals surface area contributed by atoms with Crippen molar-refractivity contribution >= 4 is 12.0 Å². The van der Waals surface area contributed by atoms with Crippen LogP contribution in [-0.2, 0) is 11.0 Å². The van der Waals surface area contributed by atoms with Crippen LogP contribution in [0.4, 0.5) is 13.2 Å². The molecule has 0 aliphatic rings. The molecule has 0 spiro atoms. The van der Waals surface area contributed by atoms with Gasteiger partial charge in [-0.3, -0.25) is 4.79 Å². The second-order valence-electron chi connectivity index (χ2n) is 3.02. The number of carbonyl (C=O) groups excluding carboxylic acids is 1. The van der Waals surface area contributed by atoms with E-state index in [0.717, 1.165) is 6.07 Å². The molecule has 2 N–H and O–H groups in total. The number of nitrogens with two attached hydrogens (primary N) is 1. The number of aromatic nitrogens is 1. The molecule has 86 valence electrons. The van der Waals surface area contributed by atoms with Gasteiger partial charge in [0.15, 0.2) is 0 Å². The highest BCUT2D eigenvalue weighted by atomic mass is 19.4. The molecule has 3 nitrogen and oxygen atoms in total. The van der Waals surface area contributed by atoms with Crippen LogP contribution in [0.15, 0.2) is 24.3 Å². The summed E-state index contributed by atoms with van der Waals surface area (Å²) in [7, 11) is 0. The number of hydrogen-bond acceptors (Lipinski definition) is 2. The van der Waals surface area contributed by atoms with Crippen molar-refractivity contribution in [3.63, 3.8) is 0 Å². The van der Waals surface area contributed by atoms with Gasteiger partial charge in [0, 0.05) is 6.42 Å². The van der Waals surface area contributed by atoms with Crippen LogP contribution in [0, 0.1) is 0 Å². The van der Waals surface area contributed by atoms with E-state index in [-0.39, 0.29) is 12.1 Å². The normalized spacial score (nSPS) is 11.9. The van der Waals surface area contributed by atoms with E-state index in [1.54, 1.807) is 0 Å². The number of alkyl halides is 3. The summed E-state index contributed by atoms with van der Waals surface area (Å²) in [5, 5.41) is 0. The third kappa shape index (κ3) is 3.72. The van der Waals surface area contributed by atoms with Crippen LogP contribution >= 0.6 is 0 Å². The quantitative estimate of drug-likeness (QED) is 0.863. The first-order valence-corrected chi connectivity index (χ1v) is 4.38. The maximum Gasteiger partial charge on any atom is 0.433 e. The van der Waals surface area contributed by atoms with E-state index in [1.165, 1.54) is 24.3 Å². The Kier molecular flexibility index (Phi) is 3.65. The third-order valence-electron chi connectivity index (χ3n) is 1.67. The summed E-state index contributed by atoms with van der Waals surface area (Å²) in [6.45, 7) is 0. The Morgan fingerprint density at radius 3 is 2.69 bits per heavy atom. The smallest absolute Gasteiger partial charge is 0.369 e. The minimum Gasteiger partial charge on any atom is -0.369 e. The summed E-state index contributed by atoms with van der Waals surface area (Å²) in [5.74, 6) is -0.553. The lowest BCUT2D eigenvalue weighted by molar-refractivity contribution is -0.141. The fourth-order valence-corrected chi connectivity index (χ4v) is 0.998. The topological polar surface area (TPSA) is 56.0 Å². The Bertz CT molecular complexity index is 413. The molecule has 0 aromatic carbocycles. The van der Waals surface area contributed by atoms with Crippen molar-refractivity contribution in [1.29, 1.82) is 0 Å². The van der Waals surface area contributed by atoms with Crippen molar-refractivity contribution in [3.8, 4) is 0 Å². The average Bonchev–Trinajstić information content (AvgIpc) is 2.16. The zero-order valence-corrected chi connectivity index (χ0v) is 8.16. The lowest BCUT2D eigenvalue weighted by Crippen LogP contribution is -2.08. The highest BCUT2D eigenvalue weighted by molar-refractivity contribution is 5.76. The fourth-order valence-electron chi connectivity index (χ4n) is 0.998. The molecule has 1 aromatic rings. The van der Waals surface area contributed by atoms with E-state index in [9.17, 15) is 18.0 Å². The van der Waals surface area contributed by atoms with Crippen molar-refractivity contribution in [3.05, 3.63) is 35.7 Å². The molecule has 1 heterocycles. The van der Waals surface area contributed by atoms with Gasteiger partial charge in [-0.25, -0.2) is 4.98 Å². The highest BCUT2D eigenvalue weighted by Crippen LogP contribution is 2.27. The Balaban J connectivity index is 2.83. The Hall–Kier alpha value is -1.85. The van der Waals surface area contributed by atoms with Gasteiger partial charge in [0.2, 0.25) is 5.91 Å². The maximum atomic E-state index is 12.3. The molecule has 16 heavy (non-hydrogen) atoms. The number of primary amides is 1. The number of hydrogen-bond donors (Lipinski definition) is 1. The summed E-state index contributed by atoms with van der Waals surface area (Å²) in [6.07, 6.45) is -1.81. The van der Waals surface area contributed by atoms with Crippen molar-refractivity contribution in [2.24, 2.45) is 5.73 Å². The van der Waals surface area contributed by atoms with Gasteiger partial charge in [0.05, 0.1) is 5.69 Å². The number of amides is 1. The van der Waals surface area contributed by atoms with Crippen molar-refractivity contribution < 1.29 is 18.0 Å². The second-order valence-corrected chi connectivity index (χ2v) is 3.02. The van der Waals surface area contributed by atoms with Gasteiger partial charge < -0.3 is 5.73 Å². The van der Waals surface area contributed by atoms with Gasteiger partial charge >= 0.3 is 6.18 Å². The molecular formula is C10H9F3N2O. The molecule has 0 saturated heterocycles. The molecule has 0 atom stereocenters. The summed E-state index contributed by atoms with van der Waals surface area (Å²) >= 11 is 0. The number of nitrogens with zero attached hydrogens (tertiary/aromatic N) is 1. The molecule has 1 rings (SSSR count). The minimum atomic E-state index is -4.46. The summed E-state index contributed by atoms with van der Waals surface area (Å²) in [6, 6.07) is 3.54. The summed E-state index contributed by atoms with van der Waals surface area (Å²) < 4.78 is 36.8. The zero-order valence-electron chi connectivity index (χ0n) is 8.16. The Morgan fingerprint density at radius 1 is 1.44 bits per heavy atom. The molecular weight excluding hydrogens is 221 g/mol. The summed E-state index contributed by atoms with van der Waals surface area (Å²) in [5.41, 5.74) is 4.04. The van der Waals surface area contributed by atoms with Crippen LogP contribution in [0.5, 0.6) is 0 Å². The molecule has 0 aliphatic carbocycles. The third-order valence-corrected chi connectivity index (χ3v) is 1.67. The van der Waals surface area contributed by atoms with E-state index >= 15 is 0 Å². The van der Waals surface area contributed by atoms with Crippen LogP contribution < -0.4 is 5.73 Å². The molecule has 1 amide bonds. The predicted octanol–water partition coefficient (Wildman–Crippen LogP) is 1.99. The van der Waals surface area contributed by atoms with Crippen LogP contribution in [0.2, 0.25) is 0 Å². The molecule has 0 bridgehead atoms. The van der Waals surface area contributed by atoms with E-state index in [4.69, 9.17) is 5.73 Å². The lowest BCUT2D eigenvalue weighted by atomic mass is 10.2. The Morgan fingerprint density at radius 2 is 2.12 bits per heavy atom. The molecule has 0 unspecified atom stereocenters. The van der Waals surface area contributed by atoms with Gasteiger partial charge in [-0.05, 0) is 18.2 Å². The van der Waals surface area contributed by atoms with Crippen molar-refractivity contribution in [2.45, 2.75) is 12.6 Å². The van der Waals surface area contributed by atoms with Gasteiger partial charge in [0.1, 0.15) is 5.69 Å². The number of pyridine rings is 1. The van der Waals surface area contributed by atoms with E-state index in [0.29, 0.717) is 0 Å². The van der Waals surface area contributed by atoms with Crippen LogP contribution in [0.1, 0.15) is 17.8 Å². The second kappa shape index (κ2) is 4.78. The zero-order chi connectivity index (χ0) is 12.2. The molecule has 0 saturated carbocycles. The van der Waals surface area contributed by atoms with E-state index < -0.39 is 17.8 Å².